The minimum absolute atomic E-state index is 0.167. The van der Waals surface area contributed by atoms with E-state index < -0.39 is 0 Å². The van der Waals surface area contributed by atoms with Crippen molar-refractivity contribution in [2.45, 2.75) is 0 Å². The zero-order chi connectivity index (χ0) is 13.8. The largest absolute Gasteiger partial charge is 0.321 e. The van der Waals surface area contributed by atoms with Crippen LogP contribution in [0.4, 0.5) is 5.69 Å². The summed E-state index contributed by atoms with van der Waals surface area (Å²) in [5, 5.41) is 2.80. The van der Waals surface area contributed by atoms with Crippen molar-refractivity contribution < 1.29 is 4.79 Å². The average molecular weight is 264 g/mol. The van der Waals surface area contributed by atoms with Gasteiger partial charge in [0.05, 0.1) is 18.2 Å². The highest BCUT2D eigenvalue weighted by molar-refractivity contribution is 6.04. The van der Waals surface area contributed by atoms with Crippen LogP contribution in [0.15, 0.2) is 67.5 Å². The third kappa shape index (κ3) is 2.56. The van der Waals surface area contributed by atoms with Crippen LogP contribution in [0.5, 0.6) is 0 Å². The van der Waals surface area contributed by atoms with E-state index in [1.165, 1.54) is 0 Å². The molecule has 0 aliphatic heterocycles. The number of hydrogen-bond donors (Lipinski definition) is 1. The molecule has 2 heterocycles. The molecule has 0 bridgehead atoms. The van der Waals surface area contributed by atoms with Crippen molar-refractivity contribution in [3.8, 4) is 5.69 Å². The number of imidazole rings is 1. The average Bonchev–Trinajstić information content (AvgIpc) is 3.03. The smallest absolute Gasteiger partial charge is 0.255 e. The van der Waals surface area contributed by atoms with E-state index in [4.69, 9.17) is 0 Å². The first-order valence-electron chi connectivity index (χ1n) is 6.13. The summed E-state index contributed by atoms with van der Waals surface area (Å²) in [6, 6.07) is 10.9. The summed E-state index contributed by atoms with van der Waals surface area (Å²) in [5.41, 5.74) is 2.15. The van der Waals surface area contributed by atoms with Crippen molar-refractivity contribution in [3.63, 3.8) is 0 Å². The normalized spacial score (nSPS) is 10.2. The van der Waals surface area contributed by atoms with E-state index in [9.17, 15) is 4.79 Å². The van der Waals surface area contributed by atoms with E-state index >= 15 is 0 Å². The number of amides is 1. The second-order valence-corrected chi connectivity index (χ2v) is 4.22. The molecule has 0 atom stereocenters. The van der Waals surface area contributed by atoms with Gasteiger partial charge in [-0.15, -0.1) is 0 Å². The summed E-state index contributed by atoms with van der Waals surface area (Å²) in [5.74, 6) is -0.167. The number of anilines is 1. The number of benzene rings is 1. The van der Waals surface area contributed by atoms with Crippen molar-refractivity contribution >= 4 is 11.6 Å². The molecule has 1 N–H and O–H groups in total. The standard InChI is InChI=1S/C15H12N4O/c20-15(18-13-4-2-6-16-10-13)12-3-1-5-14(9-12)19-8-7-17-11-19/h1-11H,(H,18,20). The molecular weight excluding hydrogens is 252 g/mol. The Morgan fingerprint density at radius 2 is 2.05 bits per heavy atom. The number of aromatic nitrogens is 3. The van der Waals surface area contributed by atoms with Gasteiger partial charge in [-0.2, -0.15) is 0 Å². The van der Waals surface area contributed by atoms with Crippen LogP contribution >= 0.6 is 0 Å². The molecular formula is C15H12N4O. The number of carbonyl (C=O) groups is 1. The van der Waals surface area contributed by atoms with Crippen LogP contribution < -0.4 is 5.32 Å². The van der Waals surface area contributed by atoms with Gasteiger partial charge in [-0.3, -0.25) is 9.78 Å². The molecule has 5 nitrogen and oxygen atoms in total. The zero-order valence-corrected chi connectivity index (χ0v) is 10.6. The Labute approximate surface area is 115 Å². The van der Waals surface area contributed by atoms with E-state index in [1.807, 2.05) is 29.0 Å². The van der Waals surface area contributed by atoms with Gasteiger partial charge in [0.25, 0.3) is 5.91 Å². The van der Waals surface area contributed by atoms with Crippen molar-refractivity contribution in [2.75, 3.05) is 5.32 Å². The van der Waals surface area contributed by atoms with Crippen molar-refractivity contribution in [1.82, 2.24) is 14.5 Å². The minimum atomic E-state index is -0.167. The summed E-state index contributed by atoms with van der Waals surface area (Å²) >= 11 is 0. The molecule has 0 aliphatic carbocycles. The predicted molar refractivity (Wildman–Crippen MR) is 75.8 cm³/mol. The van der Waals surface area contributed by atoms with Gasteiger partial charge in [-0.25, -0.2) is 4.98 Å². The number of pyridine rings is 1. The van der Waals surface area contributed by atoms with E-state index in [2.05, 4.69) is 15.3 Å². The molecule has 0 unspecified atom stereocenters. The molecule has 0 spiro atoms. The fourth-order valence-corrected chi connectivity index (χ4v) is 1.86. The van der Waals surface area contributed by atoms with Gasteiger partial charge in [0, 0.05) is 29.8 Å². The van der Waals surface area contributed by atoms with Crippen molar-refractivity contribution in [1.29, 1.82) is 0 Å². The molecule has 0 saturated carbocycles. The van der Waals surface area contributed by atoms with Crippen molar-refractivity contribution in [2.24, 2.45) is 0 Å². The summed E-state index contributed by atoms with van der Waals surface area (Å²) in [7, 11) is 0. The lowest BCUT2D eigenvalue weighted by Crippen LogP contribution is -2.12. The second kappa shape index (κ2) is 5.36. The number of nitrogens with zero attached hydrogens (tertiary/aromatic N) is 3. The SMILES string of the molecule is O=C(Nc1cccnc1)c1cccc(-n2ccnc2)c1. The van der Waals surface area contributed by atoms with Gasteiger partial charge in [0.15, 0.2) is 0 Å². The van der Waals surface area contributed by atoms with Crippen LogP contribution in [0.25, 0.3) is 5.69 Å². The minimum Gasteiger partial charge on any atom is -0.321 e. The van der Waals surface area contributed by atoms with E-state index in [1.54, 1.807) is 43.1 Å². The summed E-state index contributed by atoms with van der Waals surface area (Å²) in [6.45, 7) is 0. The molecule has 3 rings (SSSR count). The molecule has 0 radical (unpaired) electrons. The van der Waals surface area contributed by atoms with Crippen LogP contribution in [0.1, 0.15) is 10.4 Å². The van der Waals surface area contributed by atoms with Crippen LogP contribution in [0, 0.1) is 0 Å². The zero-order valence-electron chi connectivity index (χ0n) is 10.6. The third-order valence-electron chi connectivity index (χ3n) is 2.83. The van der Waals surface area contributed by atoms with Crippen LogP contribution in [-0.2, 0) is 0 Å². The van der Waals surface area contributed by atoms with Gasteiger partial charge >= 0.3 is 0 Å². The number of nitrogens with one attached hydrogen (secondary N) is 1. The second-order valence-electron chi connectivity index (χ2n) is 4.22. The fourth-order valence-electron chi connectivity index (χ4n) is 1.86. The first-order valence-corrected chi connectivity index (χ1v) is 6.13. The Morgan fingerprint density at radius 1 is 1.10 bits per heavy atom. The maximum atomic E-state index is 12.2. The Balaban J connectivity index is 1.84. The van der Waals surface area contributed by atoms with E-state index in [-0.39, 0.29) is 5.91 Å². The Kier molecular flexibility index (Phi) is 3.24. The Bertz CT molecular complexity index is 708. The van der Waals surface area contributed by atoms with Crippen LogP contribution in [0.2, 0.25) is 0 Å². The van der Waals surface area contributed by atoms with Crippen molar-refractivity contribution in [3.05, 3.63) is 73.1 Å². The molecule has 5 heteroatoms. The first kappa shape index (κ1) is 12.1. The first-order chi connectivity index (χ1) is 9.83. The maximum Gasteiger partial charge on any atom is 0.255 e. The summed E-state index contributed by atoms with van der Waals surface area (Å²) in [4.78, 5) is 20.1. The van der Waals surface area contributed by atoms with Crippen LogP contribution in [0.3, 0.4) is 0 Å². The molecule has 20 heavy (non-hydrogen) atoms. The highest BCUT2D eigenvalue weighted by Crippen LogP contribution is 2.12. The quantitative estimate of drug-likeness (QED) is 0.790. The maximum absolute atomic E-state index is 12.2. The summed E-state index contributed by atoms with van der Waals surface area (Å²) in [6.07, 6.45) is 8.49. The van der Waals surface area contributed by atoms with Gasteiger partial charge in [0.1, 0.15) is 0 Å². The van der Waals surface area contributed by atoms with Gasteiger partial charge in [0.2, 0.25) is 0 Å². The molecule has 3 aromatic rings. The molecule has 1 amide bonds. The van der Waals surface area contributed by atoms with Gasteiger partial charge < -0.3 is 9.88 Å². The van der Waals surface area contributed by atoms with Gasteiger partial charge in [-0.1, -0.05) is 6.07 Å². The highest BCUT2D eigenvalue weighted by Gasteiger charge is 2.07. The third-order valence-corrected chi connectivity index (χ3v) is 2.83. The molecule has 1 aromatic carbocycles. The molecule has 98 valence electrons. The highest BCUT2D eigenvalue weighted by atomic mass is 16.1. The molecule has 0 saturated heterocycles. The monoisotopic (exact) mass is 264 g/mol. The lowest BCUT2D eigenvalue weighted by Gasteiger charge is -2.07. The summed E-state index contributed by atoms with van der Waals surface area (Å²) < 4.78 is 1.85. The number of carbonyl (C=O) groups excluding carboxylic acids is 1. The molecule has 2 aromatic heterocycles. The lowest BCUT2D eigenvalue weighted by atomic mass is 10.2. The Morgan fingerprint density at radius 3 is 2.80 bits per heavy atom. The van der Waals surface area contributed by atoms with Gasteiger partial charge in [-0.05, 0) is 30.3 Å². The van der Waals surface area contributed by atoms with E-state index in [0.717, 1.165) is 5.69 Å². The Hall–Kier alpha value is -2.95. The predicted octanol–water partition coefficient (Wildman–Crippen LogP) is 2.52. The number of hydrogen-bond acceptors (Lipinski definition) is 3. The topological polar surface area (TPSA) is 59.8 Å². The van der Waals surface area contributed by atoms with Crippen LogP contribution in [-0.4, -0.2) is 20.4 Å². The van der Waals surface area contributed by atoms with E-state index in [0.29, 0.717) is 11.3 Å². The lowest BCUT2D eigenvalue weighted by molar-refractivity contribution is 0.102. The molecule has 0 fully saturated rings. The number of rotatable bonds is 3. The molecule has 0 aliphatic rings. The fraction of sp³-hybridized carbons (Fsp3) is 0.